The SMILES string of the molecule is Cc1cc(CBr)ccc1N1CCC2C(CCCN2C)C1. The van der Waals surface area contributed by atoms with Crippen LogP contribution in [-0.2, 0) is 5.33 Å². The van der Waals surface area contributed by atoms with E-state index >= 15 is 0 Å². The number of aryl methyl sites for hydroxylation is 1. The number of likely N-dealkylation sites (tertiary alicyclic amines) is 1. The molecule has 1 aromatic rings. The van der Waals surface area contributed by atoms with Crippen molar-refractivity contribution in [1.82, 2.24) is 4.90 Å². The van der Waals surface area contributed by atoms with Crippen LogP contribution in [0.3, 0.4) is 0 Å². The molecule has 2 aliphatic heterocycles. The predicted octanol–water partition coefficient (Wildman–Crippen LogP) is 3.81. The van der Waals surface area contributed by atoms with Crippen molar-refractivity contribution in [3.8, 4) is 0 Å². The van der Waals surface area contributed by atoms with E-state index in [-0.39, 0.29) is 0 Å². The Labute approximate surface area is 131 Å². The molecule has 20 heavy (non-hydrogen) atoms. The molecule has 2 fully saturated rings. The number of alkyl halides is 1. The number of anilines is 1. The smallest absolute Gasteiger partial charge is 0.0396 e. The van der Waals surface area contributed by atoms with Crippen molar-refractivity contribution in [2.24, 2.45) is 5.92 Å². The monoisotopic (exact) mass is 336 g/mol. The van der Waals surface area contributed by atoms with Gasteiger partial charge in [-0.05, 0) is 62.9 Å². The highest BCUT2D eigenvalue weighted by Crippen LogP contribution is 2.33. The van der Waals surface area contributed by atoms with E-state index in [4.69, 9.17) is 0 Å². The Morgan fingerprint density at radius 1 is 1.25 bits per heavy atom. The number of halogens is 1. The fraction of sp³-hybridized carbons (Fsp3) is 0.647. The Bertz CT molecular complexity index is 474. The highest BCUT2D eigenvalue weighted by Gasteiger charge is 2.34. The van der Waals surface area contributed by atoms with Gasteiger partial charge in [-0.15, -0.1) is 0 Å². The zero-order valence-electron chi connectivity index (χ0n) is 12.6. The third-order valence-electron chi connectivity index (χ3n) is 5.10. The average molecular weight is 337 g/mol. The highest BCUT2D eigenvalue weighted by molar-refractivity contribution is 9.08. The summed E-state index contributed by atoms with van der Waals surface area (Å²) in [7, 11) is 2.31. The summed E-state index contributed by atoms with van der Waals surface area (Å²) in [5, 5.41) is 0.948. The summed E-state index contributed by atoms with van der Waals surface area (Å²) in [5.74, 6) is 0.859. The standard InChI is InChI=1S/C17H25BrN2/c1-13-10-14(11-18)5-6-16(13)20-9-7-17-15(12-20)4-3-8-19(17)2/h5-6,10,15,17H,3-4,7-9,11-12H2,1-2H3. The van der Waals surface area contributed by atoms with Gasteiger partial charge in [0.2, 0.25) is 0 Å². The Morgan fingerprint density at radius 3 is 2.85 bits per heavy atom. The van der Waals surface area contributed by atoms with Crippen molar-refractivity contribution in [1.29, 1.82) is 0 Å². The van der Waals surface area contributed by atoms with Gasteiger partial charge in [0, 0.05) is 30.1 Å². The first kappa shape index (κ1) is 14.4. The van der Waals surface area contributed by atoms with E-state index in [9.17, 15) is 0 Å². The molecule has 0 saturated carbocycles. The lowest BCUT2D eigenvalue weighted by Gasteiger charge is -2.47. The lowest BCUT2D eigenvalue weighted by Crippen LogP contribution is -2.52. The fourth-order valence-electron chi connectivity index (χ4n) is 4.03. The zero-order valence-corrected chi connectivity index (χ0v) is 14.2. The van der Waals surface area contributed by atoms with Gasteiger partial charge in [-0.3, -0.25) is 0 Å². The largest absolute Gasteiger partial charge is 0.371 e. The first-order valence-corrected chi connectivity index (χ1v) is 8.92. The van der Waals surface area contributed by atoms with Crippen molar-refractivity contribution in [3.05, 3.63) is 29.3 Å². The van der Waals surface area contributed by atoms with Crippen LogP contribution in [0.2, 0.25) is 0 Å². The molecule has 2 unspecified atom stereocenters. The van der Waals surface area contributed by atoms with E-state index in [0.717, 1.165) is 17.3 Å². The summed E-state index contributed by atoms with van der Waals surface area (Å²) in [6, 6.07) is 7.72. The number of rotatable bonds is 2. The minimum Gasteiger partial charge on any atom is -0.371 e. The molecule has 3 rings (SSSR count). The van der Waals surface area contributed by atoms with Gasteiger partial charge >= 0.3 is 0 Å². The molecule has 2 nitrogen and oxygen atoms in total. The molecule has 0 aromatic heterocycles. The molecule has 2 saturated heterocycles. The molecule has 2 heterocycles. The average Bonchev–Trinajstić information content (AvgIpc) is 2.47. The minimum absolute atomic E-state index is 0.821. The maximum absolute atomic E-state index is 3.55. The summed E-state index contributed by atoms with van der Waals surface area (Å²) < 4.78 is 0. The van der Waals surface area contributed by atoms with Crippen LogP contribution in [0.1, 0.15) is 30.4 Å². The van der Waals surface area contributed by atoms with Crippen LogP contribution in [0.15, 0.2) is 18.2 Å². The number of benzene rings is 1. The topological polar surface area (TPSA) is 6.48 Å². The molecular weight excluding hydrogens is 312 g/mol. The first-order chi connectivity index (χ1) is 9.69. The molecule has 1 aromatic carbocycles. The molecule has 0 spiro atoms. The maximum atomic E-state index is 3.55. The molecule has 2 aliphatic rings. The van der Waals surface area contributed by atoms with Crippen LogP contribution in [0.5, 0.6) is 0 Å². The summed E-state index contributed by atoms with van der Waals surface area (Å²) in [6.45, 7) is 5.99. The number of hydrogen-bond donors (Lipinski definition) is 0. The van der Waals surface area contributed by atoms with Gasteiger partial charge in [0.15, 0.2) is 0 Å². The summed E-state index contributed by atoms with van der Waals surface area (Å²) in [5.41, 5.74) is 4.24. The van der Waals surface area contributed by atoms with Crippen molar-refractivity contribution in [2.75, 3.05) is 31.6 Å². The van der Waals surface area contributed by atoms with E-state index in [1.165, 1.54) is 55.7 Å². The van der Waals surface area contributed by atoms with Crippen LogP contribution in [-0.4, -0.2) is 37.6 Å². The van der Waals surface area contributed by atoms with Gasteiger partial charge in [0.1, 0.15) is 0 Å². The third kappa shape index (κ3) is 2.75. The predicted molar refractivity (Wildman–Crippen MR) is 89.8 cm³/mol. The Morgan fingerprint density at radius 2 is 2.10 bits per heavy atom. The van der Waals surface area contributed by atoms with Gasteiger partial charge in [0.25, 0.3) is 0 Å². The van der Waals surface area contributed by atoms with Crippen LogP contribution in [0.25, 0.3) is 0 Å². The number of piperidine rings is 2. The van der Waals surface area contributed by atoms with E-state index < -0.39 is 0 Å². The minimum atomic E-state index is 0.821. The molecule has 0 N–H and O–H groups in total. The normalized spacial score (nSPS) is 27.4. The molecule has 0 amide bonds. The van der Waals surface area contributed by atoms with Crippen LogP contribution in [0, 0.1) is 12.8 Å². The lowest BCUT2D eigenvalue weighted by atomic mass is 9.84. The van der Waals surface area contributed by atoms with E-state index in [1.807, 2.05) is 0 Å². The van der Waals surface area contributed by atoms with Gasteiger partial charge in [0.05, 0.1) is 0 Å². The van der Waals surface area contributed by atoms with Crippen LogP contribution in [0.4, 0.5) is 5.69 Å². The van der Waals surface area contributed by atoms with E-state index in [0.29, 0.717) is 0 Å². The summed E-state index contributed by atoms with van der Waals surface area (Å²) in [4.78, 5) is 5.21. The fourth-order valence-corrected chi connectivity index (χ4v) is 4.38. The molecule has 0 bridgehead atoms. The summed E-state index contributed by atoms with van der Waals surface area (Å²) in [6.07, 6.45) is 4.10. The third-order valence-corrected chi connectivity index (χ3v) is 5.75. The molecular formula is C17H25BrN2. The Kier molecular flexibility index (Phi) is 4.37. The van der Waals surface area contributed by atoms with Crippen LogP contribution < -0.4 is 4.90 Å². The molecule has 110 valence electrons. The van der Waals surface area contributed by atoms with E-state index in [1.54, 1.807) is 0 Å². The number of fused-ring (bicyclic) bond motifs is 1. The molecule has 0 aliphatic carbocycles. The Hall–Kier alpha value is -0.540. The number of hydrogen-bond acceptors (Lipinski definition) is 2. The quantitative estimate of drug-likeness (QED) is 0.757. The van der Waals surface area contributed by atoms with Crippen LogP contribution >= 0.6 is 15.9 Å². The summed E-state index contributed by atoms with van der Waals surface area (Å²) >= 11 is 3.55. The van der Waals surface area contributed by atoms with Gasteiger partial charge in [-0.2, -0.15) is 0 Å². The van der Waals surface area contributed by atoms with Crippen molar-refractivity contribution in [3.63, 3.8) is 0 Å². The second-order valence-corrected chi connectivity index (χ2v) is 7.00. The highest BCUT2D eigenvalue weighted by atomic mass is 79.9. The van der Waals surface area contributed by atoms with Gasteiger partial charge in [-0.1, -0.05) is 28.1 Å². The van der Waals surface area contributed by atoms with Gasteiger partial charge < -0.3 is 9.80 Å². The lowest BCUT2D eigenvalue weighted by molar-refractivity contribution is 0.102. The van der Waals surface area contributed by atoms with Crippen molar-refractivity contribution >= 4 is 21.6 Å². The van der Waals surface area contributed by atoms with E-state index in [2.05, 4.69) is 57.9 Å². The Balaban J connectivity index is 1.76. The van der Waals surface area contributed by atoms with Crippen molar-refractivity contribution in [2.45, 2.75) is 37.6 Å². The molecule has 3 heteroatoms. The molecule has 0 radical (unpaired) electrons. The van der Waals surface area contributed by atoms with Gasteiger partial charge in [-0.25, -0.2) is 0 Å². The maximum Gasteiger partial charge on any atom is 0.0396 e. The second-order valence-electron chi connectivity index (χ2n) is 6.44. The second kappa shape index (κ2) is 6.07. The van der Waals surface area contributed by atoms with Crippen molar-refractivity contribution < 1.29 is 0 Å². The first-order valence-electron chi connectivity index (χ1n) is 7.79. The number of nitrogens with zero attached hydrogens (tertiary/aromatic N) is 2. The zero-order chi connectivity index (χ0) is 14.1. The molecule has 2 atom stereocenters.